The molecule has 20 heavy (non-hydrogen) atoms. The van der Waals surface area contributed by atoms with Crippen LogP contribution in [0.2, 0.25) is 0 Å². The second kappa shape index (κ2) is 9.64. The van der Waals surface area contributed by atoms with Gasteiger partial charge in [0.1, 0.15) is 0 Å². The van der Waals surface area contributed by atoms with E-state index in [0.717, 1.165) is 6.54 Å². The highest BCUT2D eigenvalue weighted by atomic mass is 127. The fourth-order valence-electron chi connectivity index (χ4n) is 1.78. The van der Waals surface area contributed by atoms with Crippen molar-refractivity contribution in [3.05, 3.63) is 0 Å². The first-order valence-corrected chi connectivity index (χ1v) is 6.22. The summed E-state index contributed by atoms with van der Waals surface area (Å²) in [6, 6.07) is 0. The minimum atomic E-state index is -4.14. The molecule has 8 heteroatoms. The van der Waals surface area contributed by atoms with Crippen molar-refractivity contribution in [1.82, 2.24) is 15.5 Å². The lowest BCUT2D eigenvalue weighted by atomic mass is 9.93. The number of aliphatic imine (C=N–C) groups is 1. The average Bonchev–Trinajstić information content (AvgIpc) is 2.19. The Morgan fingerprint density at radius 1 is 1.15 bits per heavy atom. The quantitative estimate of drug-likeness (QED) is 0.401. The fraction of sp³-hybridized carbons (Fsp3) is 0.917. The number of guanidine groups is 1. The van der Waals surface area contributed by atoms with Gasteiger partial charge >= 0.3 is 6.18 Å². The van der Waals surface area contributed by atoms with E-state index in [-0.39, 0.29) is 35.9 Å². The molecule has 0 aromatic heterocycles. The summed E-state index contributed by atoms with van der Waals surface area (Å²) in [5.74, 6) is 0.399. The largest absolute Gasteiger partial charge is 0.390 e. The smallest absolute Gasteiger partial charge is 0.356 e. The normalized spacial score (nSPS) is 13.2. The summed E-state index contributed by atoms with van der Waals surface area (Å²) in [7, 11) is 5.51. The van der Waals surface area contributed by atoms with Gasteiger partial charge in [0, 0.05) is 26.7 Å². The molecule has 0 aliphatic rings. The highest BCUT2D eigenvalue weighted by Gasteiger charge is 2.26. The summed E-state index contributed by atoms with van der Waals surface area (Å²) >= 11 is 0. The number of nitrogens with one attached hydrogen (secondary N) is 2. The molecule has 122 valence electrons. The van der Waals surface area contributed by atoms with E-state index in [1.807, 2.05) is 14.1 Å². The molecule has 0 saturated heterocycles. The molecule has 0 bridgehead atoms. The number of alkyl halides is 3. The average molecular weight is 410 g/mol. The molecule has 0 unspecified atom stereocenters. The summed E-state index contributed by atoms with van der Waals surface area (Å²) < 4.78 is 36.1. The lowest BCUT2D eigenvalue weighted by molar-refractivity contribution is -0.132. The van der Waals surface area contributed by atoms with Gasteiger partial charge in [0.05, 0.1) is 6.42 Å². The first kappa shape index (κ1) is 22.0. The van der Waals surface area contributed by atoms with Crippen LogP contribution in [0.15, 0.2) is 4.99 Å². The van der Waals surface area contributed by atoms with Crippen LogP contribution < -0.4 is 10.6 Å². The molecule has 4 nitrogen and oxygen atoms in total. The molecule has 0 aliphatic carbocycles. The summed E-state index contributed by atoms with van der Waals surface area (Å²) in [6.45, 7) is 5.51. The summed E-state index contributed by atoms with van der Waals surface area (Å²) in [4.78, 5) is 5.97. The van der Waals surface area contributed by atoms with Crippen LogP contribution in [0.25, 0.3) is 0 Å². The van der Waals surface area contributed by atoms with Crippen LogP contribution in [0, 0.1) is 5.41 Å². The summed E-state index contributed by atoms with van der Waals surface area (Å²) in [5, 5.41) is 5.70. The Labute approximate surface area is 136 Å². The Hall–Kier alpha value is -0.250. The molecule has 0 aliphatic heterocycles. The summed E-state index contributed by atoms with van der Waals surface area (Å²) in [5.41, 5.74) is 0.00511. The van der Waals surface area contributed by atoms with E-state index >= 15 is 0 Å². The van der Waals surface area contributed by atoms with Crippen LogP contribution >= 0.6 is 24.0 Å². The van der Waals surface area contributed by atoms with Crippen molar-refractivity contribution in [3.63, 3.8) is 0 Å². The summed E-state index contributed by atoms with van der Waals surface area (Å²) in [6.07, 6.45) is -5.01. The van der Waals surface area contributed by atoms with Gasteiger partial charge in [-0.15, -0.1) is 24.0 Å². The molecule has 0 spiro atoms. The van der Waals surface area contributed by atoms with Gasteiger partial charge in [-0.05, 0) is 19.5 Å². The molecule has 0 rings (SSSR count). The van der Waals surface area contributed by atoms with Crippen LogP contribution in [-0.2, 0) is 0 Å². The molecule has 0 atom stereocenters. The zero-order chi connectivity index (χ0) is 15.1. The van der Waals surface area contributed by atoms with E-state index in [1.54, 1.807) is 7.05 Å². The molecule has 0 saturated carbocycles. The van der Waals surface area contributed by atoms with Gasteiger partial charge < -0.3 is 15.5 Å². The third kappa shape index (κ3) is 12.8. The Kier molecular flexibility index (Phi) is 10.6. The van der Waals surface area contributed by atoms with Gasteiger partial charge in [0.15, 0.2) is 5.96 Å². The molecular formula is C12H26F3IN4. The van der Waals surface area contributed by atoms with Gasteiger partial charge in [-0.1, -0.05) is 13.8 Å². The van der Waals surface area contributed by atoms with E-state index in [9.17, 15) is 13.2 Å². The van der Waals surface area contributed by atoms with Crippen molar-refractivity contribution in [2.75, 3.05) is 40.8 Å². The maximum absolute atomic E-state index is 12.0. The van der Waals surface area contributed by atoms with Gasteiger partial charge in [0.2, 0.25) is 0 Å². The van der Waals surface area contributed by atoms with Gasteiger partial charge in [-0.2, -0.15) is 13.2 Å². The lowest BCUT2D eigenvalue weighted by Gasteiger charge is -2.29. The Morgan fingerprint density at radius 2 is 1.70 bits per heavy atom. The highest BCUT2D eigenvalue weighted by Crippen LogP contribution is 2.18. The molecule has 2 N–H and O–H groups in total. The number of rotatable bonds is 6. The van der Waals surface area contributed by atoms with Crippen LogP contribution in [0.1, 0.15) is 20.3 Å². The van der Waals surface area contributed by atoms with Crippen molar-refractivity contribution in [3.8, 4) is 0 Å². The third-order valence-electron chi connectivity index (χ3n) is 2.40. The van der Waals surface area contributed by atoms with Crippen LogP contribution in [-0.4, -0.2) is 57.8 Å². The predicted molar refractivity (Wildman–Crippen MR) is 87.8 cm³/mol. The second-order valence-corrected chi connectivity index (χ2v) is 5.62. The van der Waals surface area contributed by atoms with Crippen molar-refractivity contribution in [2.45, 2.75) is 26.4 Å². The number of hydrogen-bond donors (Lipinski definition) is 2. The Morgan fingerprint density at radius 3 is 2.10 bits per heavy atom. The van der Waals surface area contributed by atoms with Gasteiger partial charge in [-0.25, -0.2) is 0 Å². The Bertz CT molecular complexity index is 291. The van der Waals surface area contributed by atoms with Crippen LogP contribution in [0.5, 0.6) is 0 Å². The molecule has 0 aromatic rings. The van der Waals surface area contributed by atoms with Crippen LogP contribution in [0.4, 0.5) is 13.2 Å². The zero-order valence-electron chi connectivity index (χ0n) is 12.8. The van der Waals surface area contributed by atoms with E-state index in [2.05, 4.69) is 34.4 Å². The third-order valence-corrected chi connectivity index (χ3v) is 2.40. The minimum absolute atomic E-state index is 0. The first-order valence-electron chi connectivity index (χ1n) is 6.22. The van der Waals surface area contributed by atoms with E-state index < -0.39 is 12.6 Å². The number of halogens is 4. The SMILES string of the molecule is CN=C(NCCC(F)(F)F)NCC(C)(C)CN(C)C.I. The number of nitrogens with zero attached hydrogens (tertiary/aromatic N) is 2. The van der Waals surface area contributed by atoms with Crippen LogP contribution in [0.3, 0.4) is 0 Å². The Balaban J connectivity index is 0. The molecule has 0 radical (unpaired) electrons. The molecular weight excluding hydrogens is 384 g/mol. The minimum Gasteiger partial charge on any atom is -0.356 e. The second-order valence-electron chi connectivity index (χ2n) is 5.62. The number of hydrogen-bond acceptors (Lipinski definition) is 2. The van der Waals surface area contributed by atoms with Gasteiger partial charge in [-0.3, -0.25) is 4.99 Å². The van der Waals surface area contributed by atoms with E-state index in [4.69, 9.17) is 0 Å². The molecule has 0 heterocycles. The maximum Gasteiger partial charge on any atom is 0.390 e. The zero-order valence-corrected chi connectivity index (χ0v) is 15.1. The van der Waals surface area contributed by atoms with E-state index in [0.29, 0.717) is 12.5 Å². The lowest BCUT2D eigenvalue weighted by Crippen LogP contribution is -2.45. The van der Waals surface area contributed by atoms with Crippen molar-refractivity contribution in [2.24, 2.45) is 10.4 Å². The highest BCUT2D eigenvalue weighted by molar-refractivity contribution is 14.0. The molecule has 0 fully saturated rings. The molecule has 0 amide bonds. The fourth-order valence-corrected chi connectivity index (χ4v) is 1.78. The van der Waals surface area contributed by atoms with E-state index in [1.165, 1.54) is 0 Å². The molecule has 0 aromatic carbocycles. The van der Waals surface area contributed by atoms with Gasteiger partial charge in [0.25, 0.3) is 0 Å². The van der Waals surface area contributed by atoms with Crippen molar-refractivity contribution >= 4 is 29.9 Å². The first-order chi connectivity index (χ1) is 8.56. The monoisotopic (exact) mass is 410 g/mol. The predicted octanol–water partition coefficient (Wildman–Crippen LogP) is 2.31. The maximum atomic E-state index is 12.0. The van der Waals surface area contributed by atoms with Crippen molar-refractivity contribution < 1.29 is 13.2 Å². The topological polar surface area (TPSA) is 39.7 Å². The van der Waals surface area contributed by atoms with Crippen molar-refractivity contribution in [1.29, 1.82) is 0 Å². The standard InChI is InChI=1S/C12H25F3N4.HI/c1-11(2,9-19(4)5)8-18-10(16-3)17-7-6-12(13,14)15;/h6-9H2,1-5H3,(H2,16,17,18);1H.